The minimum atomic E-state index is -3.87. The zero-order valence-electron chi connectivity index (χ0n) is 15.4. The normalized spacial score (nSPS) is 13.0. The Kier molecular flexibility index (Phi) is 10.4. The lowest BCUT2D eigenvalue weighted by Gasteiger charge is -2.28. The summed E-state index contributed by atoms with van der Waals surface area (Å²) in [5, 5.41) is 12.5. The van der Waals surface area contributed by atoms with Crippen molar-refractivity contribution in [1.82, 2.24) is 5.32 Å². The summed E-state index contributed by atoms with van der Waals surface area (Å²) < 4.78 is 37.8. The van der Waals surface area contributed by atoms with Gasteiger partial charge in [-0.2, -0.15) is 8.42 Å². The highest BCUT2D eigenvalue weighted by Gasteiger charge is 2.36. The third kappa shape index (κ3) is 11.0. The molecular formula is C15H27NO9S. The Bertz CT molecular complexity index is 586. The lowest BCUT2D eigenvalue weighted by atomic mass is 9.88. The maximum absolute atomic E-state index is 11.8. The van der Waals surface area contributed by atoms with Gasteiger partial charge in [0.05, 0.1) is 12.4 Å². The van der Waals surface area contributed by atoms with Crippen molar-refractivity contribution in [2.24, 2.45) is 5.41 Å². The van der Waals surface area contributed by atoms with E-state index in [1.54, 1.807) is 0 Å². The second-order valence-corrected chi connectivity index (χ2v) is 8.02. The molecule has 0 aliphatic rings. The summed E-state index contributed by atoms with van der Waals surface area (Å²) in [4.78, 5) is 33.1. The first-order valence-corrected chi connectivity index (χ1v) is 9.55. The van der Waals surface area contributed by atoms with Crippen LogP contribution in [-0.4, -0.2) is 69.6 Å². The van der Waals surface area contributed by atoms with E-state index in [0.29, 0.717) is 0 Å². The fourth-order valence-corrected chi connectivity index (χ4v) is 2.72. The van der Waals surface area contributed by atoms with E-state index in [1.165, 1.54) is 27.7 Å². The third-order valence-corrected chi connectivity index (χ3v) is 4.42. The van der Waals surface area contributed by atoms with Gasteiger partial charge in [0.1, 0.15) is 13.2 Å². The monoisotopic (exact) mass is 397 g/mol. The van der Waals surface area contributed by atoms with Gasteiger partial charge in [-0.05, 0) is 6.42 Å². The van der Waals surface area contributed by atoms with Gasteiger partial charge in [0.15, 0.2) is 6.10 Å². The van der Waals surface area contributed by atoms with Crippen LogP contribution in [0.1, 0.15) is 34.1 Å². The van der Waals surface area contributed by atoms with Crippen LogP contribution in [0, 0.1) is 5.41 Å². The summed E-state index contributed by atoms with van der Waals surface area (Å²) in [6.45, 7) is 4.79. The molecule has 0 aromatic rings. The van der Waals surface area contributed by atoms with Crippen molar-refractivity contribution >= 4 is 28.0 Å². The van der Waals surface area contributed by atoms with Crippen molar-refractivity contribution in [2.75, 3.05) is 32.1 Å². The highest BCUT2D eigenvalue weighted by Crippen LogP contribution is 2.23. The van der Waals surface area contributed by atoms with E-state index in [9.17, 15) is 27.9 Å². The summed E-state index contributed by atoms with van der Waals surface area (Å²) in [6.07, 6.45) is -1.46. The van der Waals surface area contributed by atoms with Crippen LogP contribution in [0.4, 0.5) is 0 Å². The van der Waals surface area contributed by atoms with Crippen LogP contribution in [0.15, 0.2) is 0 Å². The van der Waals surface area contributed by atoms with Gasteiger partial charge >= 0.3 is 11.9 Å². The molecule has 0 spiro atoms. The second kappa shape index (κ2) is 11.1. The molecule has 0 rings (SSSR count). The fraction of sp³-hybridized carbons (Fsp3) is 0.800. The number of amides is 1. The Morgan fingerprint density at radius 3 is 2.23 bits per heavy atom. The molecule has 11 heteroatoms. The van der Waals surface area contributed by atoms with Gasteiger partial charge < -0.3 is 19.9 Å². The Morgan fingerprint density at radius 1 is 1.12 bits per heavy atom. The molecule has 2 N–H and O–H groups in total. The van der Waals surface area contributed by atoms with E-state index >= 15 is 0 Å². The average molecular weight is 397 g/mol. The highest BCUT2D eigenvalue weighted by molar-refractivity contribution is 7.86. The average Bonchev–Trinajstić information content (AvgIpc) is 2.52. The minimum Gasteiger partial charge on any atom is -0.462 e. The predicted molar refractivity (Wildman–Crippen MR) is 90.4 cm³/mol. The summed E-state index contributed by atoms with van der Waals surface area (Å²) in [5.41, 5.74) is -1.23. The highest BCUT2D eigenvalue weighted by atomic mass is 32.2. The molecule has 0 aromatic heterocycles. The topological polar surface area (TPSA) is 145 Å². The molecule has 0 heterocycles. The van der Waals surface area contributed by atoms with Gasteiger partial charge in [0.2, 0.25) is 5.91 Å². The van der Waals surface area contributed by atoms with Crippen LogP contribution < -0.4 is 5.32 Å². The minimum absolute atomic E-state index is 0.145. The largest absolute Gasteiger partial charge is 0.462 e. The third-order valence-electron chi connectivity index (χ3n) is 3.15. The summed E-state index contributed by atoms with van der Waals surface area (Å²) in [7, 11) is -3.87. The number of esters is 2. The second-order valence-electron chi connectivity index (χ2n) is 6.26. The van der Waals surface area contributed by atoms with Crippen LogP contribution in [-0.2, 0) is 38.2 Å². The number of rotatable bonds is 12. The summed E-state index contributed by atoms with van der Waals surface area (Å²) >= 11 is 0. The molecule has 0 aromatic carbocycles. The smallest absolute Gasteiger partial charge is 0.335 e. The Balaban J connectivity index is 4.36. The molecular weight excluding hydrogens is 370 g/mol. The molecule has 1 atom stereocenters. The van der Waals surface area contributed by atoms with Crippen molar-refractivity contribution < 1.29 is 41.6 Å². The van der Waals surface area contributed by atoms with Crippen molar-refractivity contribution in [2.45, 2.75) is 40.2 Å². The molecule has 0 bridgehead atoms. The Hall–Kier alpha value is -1.72. The van der Waals surface area contributed by atoms with Gasteiger partial charge in [-0.25, -0.2) is 4.79 Å². The lowest BCUT2D eigenvalue weighted by Crippen LogP contribution is -2.42. The Morgan fingerprint density at radius 2 is 1.69 bits per heavy atom. The molecule has 0 aliphatic carbocycles. The molecule has 0 saturated heterocycles. The predicted octanol–water partition coefficient (Wildman–Crippen LogP) is -0.648. The van der Waals surface area contributed by atoms with Gasteiger partial charge in [0, 0.05) is 25.8 Å². The quantitative estimate of drug-likeness (QED) is 0.249. The number of hydrogen-bond donors (Lipinski definition) is 2. The number of carbonyl (C=O) groups is 3. The van der Waals surface area contributed by atoms with Gasteiger partial charge in [-0.1, -0.05) is 13.8 Å². The van der Waals surface area contributed by atoms with Crippen molar-refractivity contribution in [3.05, 3.63) is 0 Å². The van der Waals surface area contributed by atoms with Crippen LogP contribution in [0.2, 0.25) is 0 Å². The van der Waals surface area contributed by atoms with Crippen molar-refractivity contribution in [3.63, 3.8) is 0 Å². The van der Waals surface area contributed by atoms with Gasteiger partial charge in [0.25, 0.3) is 10.1 Å². The zero-order chi connectivity index (χ0) is 20.4. The van der Waals surface area contributed by atoms with E-state index < -0.39 is 40.2 Å². The van der Waals surface area contributed by atoms with Crippen LogP contribution >= 0.6 is 0 Å². The standard InChI is InChI=1S/C15H27NO9S/c1-11(17)16-6-5-9-26(21,22)25-10-15(3,4)13(19)14(20)24-8-7-23-12(2)18/h13,19H,5-10H2,1-4H3,(H,16,17)/t13-/m0/s1. The molecule has 10 nitrogen and oxygen atoms in total. The molecule has 26 heavy (non-hydrogen) atoms. The number of aliphatic hydroxyl groups excluding tert-OH is 1. The van der Waals surface area contributed by atoms with E-state index in [1.807, 2.05) is 0 Å². The molecule has 0 saturated carbocycles. The first kappa shape index (κ1) is 24.3. The molecule has 0 fully saturated rings. The maximum atomic E-state index is 11.8. The van der Waals surface area contributed by atoms with Crippen LogP contribution in [0.25, 0.3) is 0 Å². The summed E-state index contributed by atoms with van der Waals surface area (Å²) in [6, 6.07) is 0. The first-order valence-electron chi connectivity index (χ1n) is 7.97. The van der Waals surface area contributed by atoms with E-state index in [4.69, 9.17) is 8.92 Å². The molecule has 0 aliphatic heterocycles. The molecule has 0 unspecified atom stereocenters. The summed E-state index contributed by atoms with van der Waals surface area (Å²) in [5.74, 6) is -2.08. The van der Waals surface area contributed by atoms with Gasteiger partial charge in [-0.15, -0.1) is 0 Å². The van der Waals surface area contributed by atoms with Crippen molar-refractivity contribution in [1.29, 1.82) is 0 Å². The first-order chi connectivity index (χ1) is 11.9. The number of aliphatic hydroxyl groups is 1. The zero-order valence-corrected chi connectivity index (χ0v) is 16.3. The lowest BCUT2D eigenvalue weighted by molar-refractivity contribution is -0.164. The van der Waals surface area contributed by atoms with E-state index in [2.05, 4.69) is 10.1 Å². The van der Waals surface area contributed by atoms with E-state index in [0.717, 1.165) is 0 Å². The SMILES string of the molecule is CC(=O)NCCCS(=O)(=O)OCC(C)(C)[C@@H](O)C(=O)OCCOC(C)=O. The van der Waals surface area contributed by atoms with Crippen LogP contribution in [0.5, 0.6) is 0 Å². The number of ether oxygens (including phenoxy) is 2. The number of hydrogen-bond acceptors (Lipinski definition) is 9. The van der Waals surface area contributed by atoms with E-state index in [-0.39, 0.29) is 37.8 Å². The molecule has 0 radical (unpaired) electrons. The number of carbonyl (C=O) groups excluding carboxylic acids is 3. The molecule has 152 valence electrons. The molecule has 1 amide bonds. The Labute approximate surface area is 153 Å². The van der Waals surface area contributed by atoms with Crippen molar-refractivity contribution in [3.8, 4) is 0 Å². The number of nitrogens with one attached hydrogen (secondary N) is 1. The fourth-order valence-electron chi connectivity index (χ4n) is 1.62. The van der Waals surface area contributed by atoms with Crippen LogP contribution in [0.3, 0.4) is 0 Å². The van der Waals surface area contributed by atoms with Gasteiger partial charge in [-0.3, -0.25) is 13.8 Å². The maximum Gasteiger partial charge on any atom is 0.335 e.